The molecule has 0 spiro atoms. The summed E-state index contributed by atoms with van der Waals surface area (Å²) in [6.45, 7) is 8.43. The van der Waals surface area contributed by atoms with Crippen molar-refractivity contribution in [2.75, 3.05) is 30.4 Å². The van der Waals surface area contributed by atoms with E-state index in [0.717, 1.165) is 35.9 Å². The number of nitrogens with one attached hydrogen (secondary N) is 1. The number of rotatable bonds is 3. The Kier molecular flexibility index (Phi) is 4.82. The van der Waals surface area contributed by atoms with Crippen molar-refractivity contribution in [1.29, 1.82) is 0 Å². The van der Waals surface area contributed by atoms with Crippen molar-refractivity contribution in [2.45, 2.75) is 13.0 Å². The minimum Gasteiger partial charge on any atom is -0.398 e. The van der Waals surface area contributed by atoms with Crippen molar-refractivity contribution in [3.8, 4) is 0 Å². The van der Waals surface area contributed by atoms with Gasteiger partial charge in [0.05, 0.1) is 6.54 Å². The van der Waals surface area contributed by atoms with Gasteiger partial charge in [-0.3, -0.25) is 4.84 Å². The normalized spacial score (nSPS) is 18.3. The van der Waals surface area contributed by atoms with E-state index in [2.05, 4.69) is 21.4 Å². The summed E-state index contributed by atoms with van der Waals surface area (Å²) in [5.41, 5.74) is 8.69. The Morgan fingerprint density at radius 2 is 2.17 bits per heavy atom. The molecule has 1 fully saturated rings. The number of nitrogen functional groups attached to an aromatic ring is 1. The number of H-pyrrole nitrogens is 1. The van der Waals surface area contributed by atoms with E-state index in [1.54, 1.807) is 6.20 Å². The first-order valence-electron chi connectivity index (χ1n) is 7.83. The van der Waals surface area contributed by atoms with Gasteiger partial charge in [-0.15, -0.1) is 0 Å². The topological polar surface area (TPSA) is 70.4 Å². The standard InChI is InChI=1S/C17H21N5OS/c1-12-11-21(13(2)14-5-3-4-6-15(14)18)9-10-22(23-12)16-7-8-19-17(24)20-16/h3-8,12H,2,9-11,18H2,1H3,(H,19,20,24). The average molecular weight is 343 g/mol. The predicted molar refractivity (Wildman–Crippen MR) is 98.8 cm³/mol. The maximum Gasteiger partial charge on any atom is 0.198 e. The third-order valence-electron chi connectivity index (χ3n) is 3.94. The van der Waals surface area contributed by atoms with Gasteiger partial charge < -0.3 is 15.6 Å². The van der Waals surface area contributed by atoms with E-state index >= 15 is 0 Å². The molecule has 1 aromatic carbocycles. The SMILES string of the molecule is C=C(c1ccccc1N)N1CCN(c2ccnc(=S)[nH]2)OC(C)C1. The van der Waals surface area contributed by atoms with Crippen LogP contribution in [0, 0.1) is 4.77 Å². The smallest absolute Gasteiger partial charge is 0.198 e. The van der Waals surface area contributed by atoms with Crippen molar-refractivity contribution >= 4 is 29.4 Å². The zero-order valence-electron chi connectivity index (χ0n) is 13.6. The molecule has 7 heteroatoms. The Hall–Kier alpha value is -2.38. The van der Waals surface area contributed by atoms with Crippen LogP contribution >= 0.6 is 12.2 Å². The van der Waals surface area contributed by atoms with Crippen LogP contribution in [0.3, 0.4) is 0 Å². The molecule has 2 heterocycles. The summed E-state index contributed by atoms with van der Waals surface area (Å²) in [5.74, 6) is 0.800. The molecule has 3 N–H and O–H groups in total. The Morgan fingerprint density at radius 3 is 2.92 bits per heavy atom. The van der Waals surface area contributed by atoms with Crippen molar-refractivity contribution in [3.05, 3.63) is 53.4 Å². The summed E-state index contributed by atoms with van der Waals surface area (Å²) in [7, 11) is 0. The number of para-hydroxylation sites is 1. The van der Waals surface area contributed by atoms with Gasteiger partial charge in [0.15, 0.2) is 4.77 Å². The first kappa shape index (κ1) is 16.5. The fourth-order valence-corrected chi connectivity index (χ4v) is 2.94. The van der Waals surface area contributed by atoms with E-state index in [1.165, 1.54) is 0 Å². The molecule has 0 aliphatic carbocycles. The molecule has 1 saturated heterocycles. The first-order chi connectivity index (χ1) is 11.5. The fraction of sp³-hybridized carbons (Fsp3) is 0.294. The third kappa shape index (κ3) is 3.58. The number of nitrogens with zero attached hydrogens (tertiary/aromatic N) is 3. The van der Waals surface area contributed by atoms with Gasteiger partial charge in [0.25, 0.3) is 0 Å². The maximum atomic E-state index is 6.08. The summed E-state index contributed by atoms with van der Waals surface area (Å²) in [4.78, 5) is 15.3. The fourth-order valence-electron chi connectivity index (χ4n) is 2.77. The Bertz CT molecular complexity index is 790. The lowest BCUT2D eigenvalue weighted by Crippen LogP contribution is -2.29. The molecule has 2 aromatic rings. The van der Waals surface area contributed by atoms with E-state index < -0.39 is 0 Å². The highest BCUT2D eigenvalue weighted by atomic mass is 32.1. The van der Waals surface area contributed by atoms with Crippen LogP contribution in [0.25, 0.3) is 5.70 Å². The quantitative estimate of drug-likeness (QED) is 0.660. The lowest BCUT2D eigenvalue weighted by Gasteiger charge is -2.26. The molecule has 1 unspecified atom stereocenters. The van der Waals surface area contributed by atoms with Gasteiger partial charge in [-0.25, -0.2) is 10.0 Å². The maximum absolute atomic E-state index is 6.08. The van der Waals surface area contributed by atoms with Crippen molar-refractivity contribution in [2.24, 2.45) is 0 Å². The molecule has 1 aliphatic rings. The van der Waals surface area contributed by atoms with E-state index in [1.807, 2.05) is 42.3 Å². The van der Waals surface area contributed by atoms with Crippen molar-refractivity contribution in [3.63, 3.8) is 0 Å². The van der Waals surface area contributed by atoms with Crippen LogP contribution in [0.2, 0.25) is 0 Å². The second-order valence-electron chi connectivity index (χ2n) is 5.76. The Labute approximate surface area is 146 Å². The van der Waals surface area contributed by atoms with Crippen LogP contribution < -0.4 is 10.8 Å². The van der Waals surface area contributed by atoms with E-state index in [9.17, 15) is 0 Å². The molecular formula is C17H21N5OS. The van der Waals surface area contributed by atoms with Crippen LogP contribution in [-0.2, 0) is 4.84 Å². The highest BCUT2D eigenvalue weighted by molar-refractivity contribution is 7.71. The lowest BCUT2D eigenvalue weighted by atomic mass is 10.1. The second-order valence-corrected chi connectivity index (χ2v) is 6.15. The monoisotopic (exact) mass is 343 g/mol. The Balaban J connectivity index is 1.78. The number of aromatic nitrogens is 2. The van der Waals surface area contributed by atoms with Crippen LogP contribution in [0.15, 0.2) is 43.1 Å². The van der Waals surface area contributed by atoms with Crippen LogP contribution in [0.1, 0.15) is 12.5 Å². The zero-order valence-corrected chi connectivity index (χ0v) is 14.4. The predicted octanol–water partition coefficient (Wildman–Crippen LogP) is 2.83. The summed E-state index contributed by atoms with van der Waals surface area (Å²) in [6.07, 6.45) is 1.67. The molecule has 3 rings (SSSR count). The van der Waals surface area contributed by atoms with E-state index in [0.29, 0.717) is 11.3 Å². The van der Waals surface area contributed by atoms with Crippen LogP contribution in [-0.4, -0.2) is 40.6 Å². The number of aromatic amines is 1. The molecule has 126 valence electrons. The number of benzene rings is 1. The minimum absolute atomic E-state index is 0.00989. The van der Waals surface area contributed by atoms with Crippen LogP contribution in [0.5, 0.6) is 0 Å². The molecule has 0 saturated carbocycles. The molecule has 6 nitrogen and oxygen atoms in total. The zero-order chi connectivity index (χ0) is 17.1. The van der Waals surface area contributed by atoms with Crippen molar-refractivity contribution < 1.29 is 4.84 Å². The molecule has 0 bridgehead atoms. The molecule has 24 heavy (non-hydrogen) atoms. The third-order valence-corrected chi connectivity index (χ3v) is 4.15. The van der Waals surface area contributed by atoms with Gasteiger partial charge in [-0.2, -0.15) is 0 Å². The number of hydrogen-bond acceptors (Lipinski definition) is 6. The van der Waals surface area contributed by atoms with E-state index in [-0.39, 0.29) is 6.10 Å². The average Bonchev–Trinajstić information content (AvgIpc) is 2.76. The number of anilines is 2. The molecule has 0 amide bonds. The molecule has 1 aromatic heterocycles. The summed E-state index contributed by atoms with van der Waals surface area (Å²) < 4.78 is 0.436. The highest BCUT2D eigenvalue weighted by Gasteiger charge is 2.23. The van der Waals surface area contributed by atoms with Gasteiger partial charge in [0.2, 0.25) is 0 Å². The summed E-state index contributed by atoms with van der Waals surface area (Å²) in [5, 5.41) is 1.82. The molecule has 1 aliphatic heterocycles. The highest BCUT2D eigenvalue weighted by Crippen LogP contribution is 2.25. The number of hydroxylamine groups is 1. The van der Waals surface area contributed by atoms with Gasteiger partial charge >= 0.3 is 0 Å². The Morgan fingerprint density at radius 1 is 1.38 bits per heavy atom. The van der Waals surface area contributed by atoms with Crippen molar-refractivity contribution in [1.82, 2.24) is 14.9 Å². The van der Waals surface area contributed by atoms with Gasteiger partial charge in [0, 0.05) is 36.2 Å². The van der Waals surface area contributed by atoms with E-state index in [4.69, 9.17) is 22.8 Å². The summed E-state index contributed by atoms with van der Waals surface area (Å²) >= 11 is 5.09. The van der Waals surface area contributed by atoms with Gasteiger partial charge in [0.1, 0.15) is 11.9 Å². The summed E-state index contributed by atoms with van der Waals surface area (Å²) in [6, 6.07) is 9.63. The number of hydrogen-bond donors (Lipinski definition) is 2. The largest absolute Gasteiger partial charge is 0.398 e. The molecule has 1 atom stereocenters. The second kappa shape index (κ2) is 7.02. The number of nitrogens with two attached hydrogens (primary N) is 1. The first-order valence-corrected chi connectivity index (χ1v) is 8.24. The minimum atomic E-state index is -0.00989. The van der Waals surface area contributed by atoms with Gasteiger partial charge in [-0.05, 0) is 31.3 Å². The van der Waals surface area contributed by atoms with Crippen LogP contribution in [0.4, 0.5) is 11.5 Å². The van der Waals surface area contributed by atoms with Gasteiger partial charge in [-0.1, -0.05) is 24.8 Å². The molecule has 0 radical (unpaired) electrons. The molecular weight excluding hydrogens is 322 g/mol. The lowest BCUT2D eigenvalue weighted by molar-refractivity contribution is 0.0512.